The number of aromatic nitrogens is 4. The second kappa shape index (κ2) is 10.6. The number of benzene rings is 1. The number of aliphatic hydroxyl groups is 1. The molecular formula is C29H37N7O4. The van der Waals surface area contributed by atoms with Gasteiger partial charge in [0.05, 0.1) is 50.1 Å². The molecule has 4 aliphatic rings. The third-order valence-electron chi connectivity index (χ3n) is 8.62. The Morgan fingerprint density at radius 3 is 2.52 bits per heavy atom. The second-order valence-electron chi connectivity index (χ2n) is 11.4. The molecule has 3 aromatic rings. The molecule has 2 aromatic heterocycles. The number of nitrogens with zero attached hydrogens (tertiary/aromatic N) is 6. The Bertz CT molecular complexity index is 1340. The Morgan fingerprint density at radius 1 is 0.950 bits per heavy atom. The van der Waals surface area contributed by atoms with Crippen molar-refractivity contribution >= 4 is 11.5 Å². The molecule has 5 heterocycles. The first-order chi connectivity index (χ1) is 19.5. The van der Waals surface area contributed by atoms with E-state index in [1.165, 1.54) is 12.8 Å². The number of hydrogen-bond acceptors (Lipinski definition) is 10. The molecule has 7 rings (SSSR count). The molecule has 0 amide bonds. The van der Waals surface area contributed by atoms with Crippen molar-refractivity contribution < 1.29 is 19.3 Å². The van der Waals surface area contributed by atoms with Crippen molar-refractivity contribution in [3.63, 3.8) is 0 Å². The third kappa shape index (κ3) is 5.26. The van der Waals surface area contributed by atoms with Gasteiger partial charge in [0.2, 0.25) is 0 Å². The van der Waals surface area contributed by atoms with Crippen LogP contribution in [0.5, 0.6) is 11.6 Å². The van der Waals surface area contributed by atoms with E-state index in [0.717, 1.165) is 61.9 Å². The highest BCUT2D eigenvalue weighted by atomic mass is 16.5. The minimum atomic E-state index is -1.04. The van der Waals surface area contributed by atoms with E-state index in [0.29, 0.717) is 43.7 Å². The van der Waals surface area contributed by atoms with Gasteiger partial charge in [-0.15, -0.1) is 0 Å². The van der Waals surface area contributed by atoms with Crippen LogP contribution in [0.25, 0.3) is 11.3 Å². The number of piperidine rings is 1. The maximum absolute atomic E-state index is 11.3. The van der Waals surface area contributed by atoms with Crippen LogP contribution < -0.4 is 15.4 Å². The van der Waals surface area contributed by atoms with Gasteiger partial charge in [-0.2, -0.15) is 5.10 Å². The van der Waals surface area contributed by atoms with E-state index < -0.39 is 5.60 Å². The highest BCUT2D eigenvalue weighted by Gasteiger charge is 2.35. The van der Waals surface area contributed by atoms with Crippen LogP contribution >= 0.6 is 0 Å². The minimum Gasteiger partial charge on any atom is -0.433 e. The van der Waals surface area contributed by atoms with Crippen LogP contribution in [0.4, 0.5) is 11.5 Å². The highest BCUT2D eigenvalue weighted by molar-refractivity contribution is 5.69. The molecule has 4 fully saturated rings. The lowest BCUT2D eigenvalue weighted by atomic mass is 9.90. The van der Waals surface area contributed by atoms with E-state index in [1.54, 1.807) is 12.4 Å². The summed E-state index contributed by atoms with van der Waals surface area (Å²) in [6.45, 7) is 5.94. The van der Waals surface area contributed by atoms with E-state index in [1.807, 2.05) is 16.9 Å². The molecule has 3 N–H and O–H groups in total. The smallest absolute Gasteiger partial charge is 0.263 e. The number of hydrogen-bond donors (Lipinski definition) is 2. The Kier molecular flexibility index (Phi) is 6.82. The molecule has 0 radical (unpaired) electrons. The molecule has 0 spiro atoms. The molecule has 11 nitrogen and oxygen atoms in total. The molecule has 1 aliphatic carbocycles. The summed E-state index contributed by atoms with van der Waals surface area (Å²) in [7, 11) is 0. The fraction of sp³-hybridized carbons (Fsp3) is 0.552. The van der Waals surface area contributed by atoms with Gasteiger partial charge in [-0.3, -0.25) is 4.68 Å². The van der Waals surface area contributed by atoms with Gasteiger partial charge in [-0.05, 0) is 49.4 Å². The van der Waals surface area contributed by atoms with Gasteiger partial charge in [-0.1, -0.05) is 0 Å². The first kappa shape index (κ1) is 25.7. The van der Waals surface area contributed by atoms with Crippen molar-refractivity contribution in [2.24, 2.45) is 0 Å². The molecule has 1 saturated carbocycles. The van der Waals surface area contributed by atoms with Gasteiger partial charge in [-0.25, -0.2) is 9.97 Å². The van der Waals surface area contributed by atoms with Gasteiger partial charge >= 0.3 is 0 Å². The van der Waals surface area contributed by atoms with Crippen LogP contribution in [0, 0.1) is 0 Å². The topological polar surface area (TPSA) is 124 Å². The fourth-order valence-corrected chi connectivity index (χ4v) is 6.05. The number of nitrogens with two attached hydrogens (primary N) is 1. The normalized spacial score (nSPS) is 24.5. The molecule has 212 valence electrons. The SMILES string of the molecule is Nc1ncc(-c2cc(N3CCOCC3)cc(C3(O)CCOC3)c2)nc1Oc1cnn(C2CCN(C3CC3)CC2)c1. The van der Waals surface area contributed by atoms with Gasteiger partial charge in [0.1, 0.15) is 5.60 Å². The molecule has 3 saturated heterocycles. The van der Waals surface area contributed by atoms with E-state index in [-0.39, 0.29) is 18.3 Å². The molecule has 0 bridgehead atoms. The summed E-state index contributed by atoms with van der Waals surface area (Å²) in [6.07, 6.45) is 10.7. The number of anilines is 2. The molecular weight excluding hydrogens is 510 g/mol. The average Bonchev–Trinajstić information content (AvgIpc) is 3.58. The van der Waals surface area contributed by atoms with Crippen LogP contribution in [0.15, 0.2) is 36.8 Å². The third-order valence-corrected chi connectivity index (χ3v) is 8.62. The van der Waals surface area contributed by atoms with Crippen molar-refractivity contribution in [1.82, 2.24) is 24.6 Å². The maximum atomic E-state index is 11.3. The lowest BCUT2D eigenvalue weighted by Crippen LogP contribution is -2.36. The first-order valence-corrected chi connectivity index (χ1v) is 14.4. The Labute approximate surface area is 233 Å². The molecule has 1 atom stereocenters. The standard InChI is InChI=1S/C29H37N7O4/c30-27-28(40-25-16-32-36(18-25)23-3-6-34(7-4-23)22-1-2-22)33-26(17-31-27)20-13-21(29(37)5-10-39-19-29)15-24(14-20)35-8-11-38-12-9-35/h13-18,22-23,37H,1-12,19H2,(H2,30,31). The molecule has 1 unspecified atom stereocenters. The van der Waals surface area contributed by atoms with E-state index in [9.17, 15) is 5.11 Å². The van der Waals surface area contributed by atoms with Gasteiger partial charge < -0.3 is 34.9 Å². The first-order valence-electron chi connectivity index (χ1n) is 14.4. The van der Waals surface area contributed by atoms with Crippen LogP contribution in [0.3, 0.4) is 0 Å². The summed E-state index contributed by atoms with van der Waals surface area (Å²) in [5.41, 5.74) is 8.41. The molecule has 11 heteroatoms. The number of rotatable bonds is 7. The highest BCUT2D eigenvalue weighted by Crippen LogP contribution is 2.37. The lowest BCUT2D eigenvalue weighted by molar-refractivity contribution is 0.0232. The van der Waals surface area contributed by atoms with Crippen LogP contribution in [-0.2, 0) is 15.1 Å². The Hall–Kier alpha value is -3.25. The maximum Gasteiger partial charge on any atom is 0.263 e. The van der Waals surface area contributed by atoms with Crippen LogP contribution in [-0.4, -0.2) is 88.4 Å². The summed E-state index contributed by atoms with van der Waals surface area (Å²) in [5, 5.41) is 15.9. The van der Waals surface area contributed by atoms with Crippen molar-refractivity contribution in [3.8, 4) is 22.9 Å². The second-order valence-corrected chi connectivity index (χ2v) is 11.4. The molecule has 3 aliphatic heterocycles. The Morgan fingerprint density at radius 2 is 1.77 bits per heavy atom. The number of likely N-dealkylation sites (tertiary alicyclic amines) is 1. The average molecular weight is 548 g/mol. The van der Waals surface area contributed by atoms with E-state index in [4.69, 9.17) is 24.9 Å². The van der Waals surface area contributed by atoms with Crippen molar-refractivity contribution in [2.75, 3.05) is 63.2 Å². The summed E-state index contributed by atoms with van der Waals surface area (Å²) >= 11 is 0. The summed E-state index contributed by atoms with van der Waals surface area (Å²) in [6, 6.07) is 7.27. The van der Waals surface area contributed by atoms with E-state index >= 15 is 0 Å². The summed E-state index contributed by atoms with van der Waals surface area (Å²) in [4.78, 5) is 14.0. The monoisotopic (exact) mass is 547 g/mol. The van der Waals surface area contributed by atoms with Gasteiger partial charge in [0, 0.05) is 56.5 Å². The lowest BCUT2D eigenvalue weighted by Gasteiger charge is -2.31. The minimum absolute atomic E-state index is 0.210. The number of ether oxygens (including phenoxy) is 3. The predicted molar refractivity (Wildman–Crippen MR) is 149 cm³/mol. The predicted octanol–water partition coefficient (Wildman–Crippen LogP) is 2.96. The number of morpholine rings is 1. The summed E-state index contributed by atoms with van der Waals surface area (Å²) < 4.78 is 19.2. The zero-order valence-electron chi connectivity index (χ0n) is 22.7. The van der Waals surface area contributed by atoms with Crippen LogP contribution in [0.2, 0.25) is 0 Å². The zero-order valence-corrected chi connectivity index (χ0v) is 22.7. The number of nitrogen functional groups attached to an aromatic ring is 1. The van der Waals surface area contributed by atoms with Crippen LogP contribution in [0.1, 0.15) is 43.7 Å². The van der Waals surface area contributed by atoms with E-state index in [2.05, 4.69) is 32.0 Å². The van der Waals surface area contributed by atoms with Crippen molar-refractivity contribution in [2.45, 2.75) is 49.8 Å². The fourth-order valence-electron chi connectivity index (χ4n) is 6.05. The molecule has 40 heavy (non-hydrogen) atoms. The van der Waals surface area contributed by atoms with Crippen molar-refractivity contribution in [3.05, 3.63) is 42.4 Å². The largest absolute Gasteiger partial charge is 0.433 e. The summed E-state index contributed by atoms with van der Waals surface area (Å²) in [5.74, 6) is 1.03. The van der Waals surface area contributed by atoms with Gasteiger partial charge in [0.25, 0.3) is 5.88 Å². The Balaban J connectivity index is 1.14. The molecule has 1 aromatic carbocycles. The quantitative estimate of drug-likeness (QED) is 0.456. The van der Waals surface area contributed by atoms with Crippen molar-refractivity contribution in [1.29, 1.82) is 0 Å². The zero-order chi connectivity index (χ0) is 27.1. The van der Waals surface area contributed by atoms with Gasteiger partial charge in [0.15, 0.2) is 11.6 Å².